The molecule has 32 heavy (non-hydrogen) atoms. The van der Waals surface area contributed by atoms with Gasteiger partial charge in [0.05, 0.1) is 11.6 Å². The van der Waals surface area contributed by atoms with Gasteiger partial charge in [-0.05, 0) is 62.9 Å². The Morgan fingerprint density at radius 3 is 2.75 bits per heavy atom. The van der Waals surface area contributed by atoms with Crippen molar-refractivity contribution >= 4 is 22.5 Å². The van der Waals surface area contributed by atoms with Gasteiger partial charge in [-0.3, -0.25) is 4.79 Å². The van der Waals surface area contributed by atoms with Crippen LogP contribution < -0.4 is 0 Å². The van der Waals surface area contributed by atoms with Crippen molar-refractivity contribution in [3.05, 3.63) is 65.2 Å². The van der Waals surface area contributed by atoms with E-state index in [1.54, 1.807) is 0 Å². The standard InChI is InChI=1S/C26H31N5O/c1-18-20(19(2)31-26(27-18)21-10-6-7-11-22(21)28-31)14-15-25(32)30-17-8-4-5-12-24(30)23-13-9-16-29(23)3/h6-7,9-11,13,16,24H,4-5,8,12,14-15,17H2,1-3H3/t24-/m0/s1. The second kappa shape index (κ2) is 8.41. The zero-order valence-corrected chi connectivity index (χ0v) is 19.2. The summed E-state index contributed by atoms with van der Waals surface area (Å²) in [6.07, 6.45) is 7.74. The summed E-state index contributed by atoms with van der Waals surface area (Å²) in [5, 5.41) is 5.82. The van der Waals surface area contributed by atoms with Gasteiger partial charge in [-0.2, -0.15) is 5.10 Å². The van der Waals surface area contributed by atoms with Crippen LogP contribution in [0.25, 0.3) is 16.6 Å². The molecule has 1 saturated heterocycles. The van der Waals surface area contributed by atoms with E-state index < -0.39 is 0 Å². The molecule has 0 bridgehead atoms. The van der Waals surface area contributed by atoms with Crippen molar-refractivity contribution in [1.29, 1.82) is 0 Å². The SMILES string of the molecule is Cc1nc2c3ccccc3nn2c(C)c1CCC(=O)N1CCCCC[C@H]1c1cccn1C. The van der Waals surface area contributed by atoms with Crippen LogP contribution in [0, 0.1) is 13.8 Å². The highest BCUT2D eigenvalue weighted by molar-refractivity contribution is 5.92. The van der Waals surface area contributed by atoms with Crippen molar-refractivity contribution in [2.24, 2.45) is 7.05 Å². The van der Waals surface area contributed by atoms with Gasteiger partial charge in [-0.1, -0.05) is 25.0 Å². The van der Waals surface area contributed by atoms with Crippen LogP contribution in [0.3, 0.4) is 0 Å². The lowest BCUT2D eigenvalue weighted by Crippen LogP contribution is -2.35. The molecule has 0 spiro atoms. The first-order valence-corrected chi connectivity index (χ1v) is 11.7. The molecular weight excluding hydrogens is 398 g/mol. The molecular formula is C26H31N5O. The molecule has 1 amide bonds. The van der Waals surface area contributed by atoms with Crippen LogP contribution in [-0.4, -0.2) is 36.5 Å². The molecule has 0 N–H and O–H groups in total. The Morgan fingerprint density at radius 1 is 1.09 bits per heavy atom. The molecule has 6 heteroatoms. The zero-order chi connectivity index (χ0) is 22.2. The molecule has 1 atom stereocenters. The molecule has 1 aliphatic rings. The maximum absolute atomic E-state index is 13.4. The highest BCUT2D eigenvalue weighted by Crippen LogP contribution is 2.31. The van der Waals surface area contributed by atoms with E-state index in [9.17, 15) is 4.79 Å². The third-order valence-corrected chi connectivity index (χ3v) is 7.01. The fourth-order valence-corrected chi connectivity index (χ4v) is 5.25. The van der Waals surface area contributed by atoms with Crippen LogP contribution in [0.2, 0.25) is 0 Å². The van der Waals surface area contributed by atoms with Gasteiger partial charge in [0, 0.05) is 48.7 Å². The molecule has 166 valence electrons. The minimum Gasteiger partial charge on any atom is -0.353 e. The van der Waals surface area contributed by atoms with E-state index >= 15 is 0 Å². The number of likely N-dealkylation sites (tertiary alicyclic amines) is 1. The van der Waals surface area contributed by atoms with Gasteiger partial charge in [0.1, 0.15) is 0 Å². The van der Waals surface area contributed by atoms with Gasteiger partial charge in [-0.25, -0.2) is 9.50 Å². The third kappa shape index (κ3) is 3.57. The third-order valence-electron chi connectivity index (χ3n) is 7.01. The number of aromatic nitrogens is 4. The van der Waals surface area contributed by atoms with Crippen molar-refractivity contribution in [2.75, 3.05) is 6.54 Å². The highest BCUT2D eigenvalue weighted by Gasteiger charge is 2.28. The molecule has 6 nitrogen and oxygen atoms in total. The molecule has 3 aromatic heterocycles. The number of rotatable bonds is 4. The normalized spacial score (nSPS) is 17.2. The average molecular weight is 430 g/mol. The number of aryl methyl sites for hydroxylation is 3. The monoisotopic (exact) mass is 429 g/mol. The number of benzene rings is 1. The molecule has 1 aromatic carbocycles. The smallest absolute Gasteiger partial charge is 0.223 e. The summed E-state index contributed by atoms with van der Waals surface area (Å²) in [7, 11) is 2.07. The fourth-order valence-electron chi connectivity index (χ4n) is 5.25. The van der Waals surface area contributed by atoms with Crippen LogP contribution in [0.15, 0.2) is 42.6 Å². The molecule has 4 aromatic rings. The van der Waals surface area contributed by atoms with Crippen molar-refractivity contribution in [3.63, 3.8) is 0 Å². The Kier molecular flexibility index (Phi) is 5.45. The zero-order valence-electron chi connectivity index (χ0n) is 19.2. The predicted octanol–water partition coefficient (Wildman–Crippen LogP) is 4.91. The number of amides is 1. The van der Waals surface area contributed by atoms with Crippen LogP contribution in [0.4, 0.5) is 0 Å². The van der Waals surface area contributed by atoms with E-state index in [1.807, 2.05) is 29.6 Å². The van der Waals surface area contributed by atoms with Crippen LogP contribution in [0.5, 0.6) is 0 Å². The first kappa shape index (κ1) is 20.7. The van der Waals surface area contributed by atoms with Crippen LogP contribution in [-0.2, 0) is 18.3 Å². The summed E-state index contributed by atoms with van der Waals surface area (Å²) in [5.74, 6) is 0.239. The number of hydrogen-bond donors (Lipinski definition) is 0. The van der Waals surface area contributed by atoms with E-state index in [1.165, 1.54) is 18.5 Å². The number of nitrogens with zero attached hydrogens (tertiary/aromatic N) is 5. The number of carbonyl (C=O) groups excluding carboxylic acids is 1. The maximum Gasteiger partial charge on any atom is 0.223 e. The van der Waals surface area contributed by atoms with Gasteiger partial charge in [-0.15, -0.1) is 0 Å². The second-order valence-corrected chi connectivity index (χ2v) is 9.01. The van der Waals surface area contributed by atoms with Crippen LogP contribution >= 0.6 is 0 Å². The van der Waals surface area contributed by atoms with Crippen molar-refractivity contribution in [2.45, 2.75) is 58.4 Å². The summed E-state index contributed by atoms with van der Waals surface area (Å²) < 4.78 is 4.10. The Balaban J connectivity index is 1.41. The Hall–Kier alpha value is -3.15. The lowest BCUT2D eigenvalue weighted by Gasteiger charge is -2.31. The van der Waals surface area contributed by atoms with Crippen LogP contribution in [0.1, 0.15) is 60.8 Å². The molecule has 5 rings (SSSR count). The number of hydrogen-bond acceptors (Lipinski definition) is 3. The van der Waals surface area contributed by atoms with Crippen molar-refractivity contribution < 1.29 is 4.79 Å². The van der Waals surface area contributed by atoms with Crippen molar-refractivity contribution in [1.82, 2.24) is 24.1 Å². The van der Waals surface area contributed by atoms with Gasteiger partial charge in [0.25, 0.3) is 0 Å². The molecule has 1 fully saturated rings. The summed E-state index contributed by atoms with van der Waals surface area (Å²) in [6, 6.07) is 12.5. The number of fused-ring (bicyclic) bond motifs is 3. The van der Waals surface area contributed by atoms with E-state index in [4.69, 9.17) is 10.1 Å². The molecule has 0 radical (unpaired) electrons. The molecule has 0 unspecified atom stereocenters. The Bertz CT molecular complexity index is 1280. The largest absolute Gasteiger partial charge is 0.353 e. The minimum absolute atomic E-state index is 0.171. The van der Waals surface area contributed by atoms with Gasteiger partial charge >= 0.3 is 0 Å². The van der Waals surface area contributed by atoms with E-state index in [0.29, 0.717) is 12.8 Å². The lowest BCUT2D eigenvalue weighted by molar-refractivity contribution is -0.133. The van der Waals surface area contributed by atoms with E-state index in [0.717, 1.165) is 52.9 Å². The maximum atomic E-state index is 13.4. The predicted molar refractivity (Wildman–Crippen MR) is 127 cm³/mol. The Labute approximate surface area is 188 Å². The molecule has 0 saturated carbocycles. The van der Waals surface area contributed by atoms with E-state index in [2.05, 4.69) is 47.8 Å². The summed E-state index contributed by atoms with van der Waals surface area (Å²) in [4.78, 5) is 20.4. The highest BCUT2D eigenvalue weighted by atomic mass is 16.2. The van der Waals surface area contributed by atoms with E-state index in [-0.39, 0.29) is 11.9 Å². The summed E-state index contributed by atoms with van der Waals surface area (Å²) >= 11 is 0. The minimum atomic E-state index is 0.171. The average Bonchev–Trinajstić information content (AvgIpc) is 3.28. The van der Waals surface area contributed by atoms with Gasteiger partial charge in [0.2, 0.25) is 5.91 Å². The van der Waals surface area contributed by atoms with Gasteiger partial charge < -0.3 is 9.47 Å². The summed E-state index contributed by atoms with van der Waals surface area (Å²) in [6.45, 7) is 4.98. The fraction of sp³-hybridized carbons (Fsp3) is 0.423. The number of carbonyl (C=O) groups is 1. The first-order valence-electron chi connectivity index (χ1n) is 11.7. The first-order chi connectivity index (χ1) is 15.5. The van der Waals surface area contributed by atoms with Gasteiger partial charge in [0.15, 0.2) is 5.65 Å². The van der Waals surface area contributed by atoms with Crippen molar-refractivity contribution in [3.8, 4) is 0 Å². The topological polar surface area (TPSA) is 55.4 Å². The molecule has 0 aliphatic carbocycles. The Morgan fingerprint density at radius 2 is 1.94 bits per heavy atom. The molecule has 1 aliphatic heterocycles. The lowest BCUT2D eigenvalue weighted by atomic mass is 10.0. The second-order valence-electron chi connectivity index (χ2n) is 9.01. The quantitative estimate of drug-likeness (QED) is 0.463. The molecule has 4 heterocycles. The summed E-state index contributed by atoms with van der Waals surface area (Å²) in [5.41, 5.74) is 6.27.